The molecule has 3 aliphatic heterocycles. The predicted octanol–water partition coefficient (Wildman–Crippen LogP) is 4.46. The number of hydrogen-bond acceptors (Lipinski definition) is 14. The zero-order chi connectivity index (χ0) is 41.1. The molecule has 1 aromatic rings. The Bertz CT molecular complexity index is 1870. The lowest BCUT2D eigenvalue weighted by atomic mass is 9.78. The molecule has 9 atom stereocenters. The summed E-state index contributed by atoms with van der Waals surface area (Å²) in [6, 6.07) is 0. The molecule has 1 aliphatic carbocycles. The number of esters is 1. The molecule has 3 N–H and O–H groups in total. The molecular formula is C40H49NO14. The highest BCUT2D eigenvalue weighted by Crippen LogP contribution is 2.48. The Balaban J connectivity index is 1.89. The minimum Gasteiger partial charge on any atom is -0.462 e. The van der Waals surface area contributed by atoms with E-state index in [1.807, 2.05) is 0 Å². The Labute approximate surface area is 319 Å². The summed E-state index contributed by atoms with van der Waals surface area (Å²) >= 11 is 0. The van der Waals surface area contributed by atoms with Crippen LogP contribution in [-0.4, -0.2) is 89.5 Å². The third-order valence-corrected chi connectivity index (χ3v) is 10.2. The SMILES string of the molecule is CCOC(=O)Oc1c(C)c2c3c4c1C(=O)C(=CC4=O)NC(=O)/C(C)=C\C=C\[C@H](C)[C@H](O)[C@@H](C)[C@H](O)[C@H](C)[C@H](OC(C)=O)[C@H](C)[C@@H](OC)/C=C/O[C@@](C)(O2)C3=O. The van der Waals surface area contributed by atoms with Crippen molar-refractivity contribution in [2.45, 2.75) is 92.5 Å². The minimum atomic E-state index is -2.10. The van der Waals surface area contributed by atoms with Gasteiger partial charge in [0.2, 0.25) is 5.78 Å². The molecule has 0 unspecified atom stereocenters. The number of fused-ring (bicyclic) bond motifs is 14. The predicted molar refractivity (Wildman–Crippen MR) is 195 cm³/mol. The number of aliphatic hydroxyl groups is 2. The van der Waals surface area contributed by atoms with Gasteiger partial charge in [0.25, 0.3) is 11.7 Å². The van der Waals surface area contributed by atoms with Crippen LogP contribution < -0.4 is 14.8 Å². The van der Waals surface area contributed by atoms with Gasteiger partial charge in [0.1, 0.15) is 11.9 Å². The van der Waals surface area contributed by atoms with E-state index in [4.69, 9.17) is 28.4 Å². The number of methoxy groups -OCH3 is 1. The average molecular weight is 768 g/mol. The molecule has 15 heteroatoms. The summed E-state index contributed by atoms with van der Waals surface area (Å²) in [7, 11) is 1.41. The van der Waals surface area contributed by atoms with Gasteiger partial charge in [0.15, 0.2) is 11.5 Å². The standard InChI is InChI=1S/C40H49NO14/c1-11-51-39(49)54-35-23(7)36-30-28-26(43)17-25(33(46)29(28)35)41-38(48)19(3)14-12-13-18(2)31(44)21(5)32(45)22(6)34(53-24(8)42)20(4)27(50-10)15-16-52-40(9,55-36)37(30)47/h12-18,20-22,27,31-32,34,44-45H,11H2,1-10H3,(H,41,48)/b13-12+,16-15+,19-14-/t18-,20+,21+,22-,27-,31-,32-,34+,40-/m0/s1. The highest BCUT2D eigenvalue weighted by atomic mass is 16.7. The lowest BCUT2D eigenvalue weighted by molar-refractivity contribution is -0.160. The largest absolute Gasteiger partial charge is 0.513 e. The van der Waals surface area contributed by atoms with Gasteiger partial charge in [0.05, 0.1) is 53.6 Å². The second-order valence-corrected chi connectivity index (χ2v) is 14.1. The first-order valence-electron chi connectivity index (χ1n) is 18.0. The maximum absolute atomic E-state index is 14.2. The fraction of sp³-hybridized carbons (Fsp3) is 0.500. The maximum atomic E-state index is 14.2. The molecule has 1 aromatic carbocycles. The van der Waals surface area contributed by atoms with E-state index in [9.17, 15) is 39.0 Å². The molecule has 15 nitrogen and oxygen atoms in total. The van der Waals surface area contributed by atoms with Gasteiger partial charge in [-0.05, 0) is 26.8 Å². The van der Waals surface area contributed by atoms with Gasteiger partial charge in [-0.3, -0.25) is 24.0 Å². The normalized spacial score (nSPS) is 32.2. The number of allylic oxidation sites excluding steroid dienone is 4. The second kappa shape index (κ2) is 17.1. The zero-order valence-electron chi connectivity index (χ0n) is 32.6. The molecule has 0 saturated carbocycles. The van der Waals surface area contributed by atoms with Crippen molar-refractivity contribution in [3.8, 4) is 11.5 Å². The Hall–Kier alpha value is -5.12. The van der Waals surface area contributed by atoms with Gasteiger partial charge in [-0.2, -0.15) is 0 Å². The molecule has 0 aromatic heterocycles. The molecule has 0 saturated heterocycles. The van der Waals surface area contributed by atoms with Crippen molar-refractivity contribution in [3.63, 3.8) is 0 Å². The molecular weight excluding hydrogens is 718 g/mol. The van der Waals surface area contributed by atoms with Crippen LogP contribution in [0.4, 0.5) is 4.79 Å². The Morgan fingerprint density at radius 3 is 2.24 bits per heavy atom. The van der Waals surface area contributed by atoms with Gasteiger partial charge < -0.3 is 44.0 Å². The number of ketones is 3. The first kappa shape index (κ1) is 42.6. The third kappa shape index (κ3) is 8.58. The molecule has 4 aliphatic rings. The molecule has 3 heterocycles. The van der Waals surface area contributed by atoms with Crippen molar-refractivity contribution in [1.29, 1.82) is 0 Å². The van der Waals surface area contributed by atoms with Gasteiger partial charge in [-0.15, -0.1) is 0 Å². The van der Waals surface area contributed by atoms with Gasteiger partial charge in [-0.1, -0.05) is 45.9 Å². The molecule has 5 rings (SSSR count). The fourth-order valence-electron chi connectivity index (χ4n) is 6.96. The maximum Gasteiger partial charge on any atom is 0.513 e. The number of carbonyl (C=O) groups excluding carboxylic acids is 6. The van der Waals surface area contributed by atoms with E-state index in [1.165, 1.54) is 60.0 Å². The van der Waals surface area contributed by atoms with Gasteiger partial charge in [0, 0.05) is 61.8 Å². The van der Waals surface area contributed by atoms with Crippen LogP contribution in [0, 0.1) is 30.6 Å². The molecule has 1 amide bonds. The number of aliphatic hydroxyl groups excluding tert-OH is 2. The number of rotatable bonds is 4. The number of hydrogen-bond donors (Lipinski definition) is 3. The first-order chi connectivity index (χ1) is 25.8. The van der Waals surface area contributed by atoms with Crippen LogP contribution in [0.3, 0.4) is 0 Å². The van der Waals surface area contributed by atoms with E-state index in [0.29, 0.717) is 0 Å². The van der Waals surface area contributed by atoms with Gasteiger partial charge in [-0.25, -0.2) is 4.79 Å². The zero-order valence-corrected chi connectivity index (χ0v) is 32.6. The highest BCUT2D eigenvalue weighted by Gasteiger charge is 2.52. The van der Waals surface area contributed by atoms with Crippen LogP contribution in [-0.2, 0) is 28.5 Å². The van der Waals surface area contributed by atoms with Crippen LogP contribution in [0.1, 0.15) is 92.0 Å². The molecule has 0 radical (unpaired) electrons. The van der Waals surface area contributed by atoms with Crippen molar-refractivity contribution >= 4 is 35.4 Å². The van der Waals surface area contributed by atoms with Crippen LogP contribution in [0.5, 0.6) is 11.5 Å². The molecule has 0 fully saturated rings. The molecule has 298 valence electrons. The van der Waals surface area contributed by atoms with Gasteiger partial charge >= 0.3 is 17.9 Å². The van der Waals surface area contributed by atoms with Crippen molar-refractivity contribution in [1.82, 2.24) is 5.32 Å². The number of amides is 1. The first-order valence-corrected chi connectivity index (χ1v) is 18.0. The minimum absolute atomic E-state index is 0.00221. The Morgan fingerprint density at radius 1 is 0.945 bits per heavy atom. The monoisotopic (exact) mass is 767 g/mol. The average Bonchev–Trinajstić information content (AvgIpc) is 3.39. The van der Waals surface area contributed by atoms with E-state index < -0.39 is 112 Å². The number of benzene rings is 1. The van der Waals surface area contributed by atoms with E-state index >= 15 is 0 Å². The number of ether oxygens (including phenoxy) is 6. The number of Topliss-reactive ketones (excluding diaryl/α,β-unsaturated/α-hetero) is 2. The Kier molecular flexibility index (Phi) is 13.3. The summed E-state index contributed by atoms with van der Waals surface area (Å²) in [5.74, 6) is -9.23. The fourth-order valence-corrected chi connectivity index (χ4v) is 6.96. The van der Waals surface area contributed by atoms with E-state index in [1.54, 1.807) is 33.8 Å². The van der Waals surface area contributed by atoms with Crippen LogP contribution in [0.15, 0.2) is 47.9 Å². The van der Waals surface area contributed by atoms with Crippen LogP contribution >= 0.6 is 0 Å². The van der Waals surface area contributed by atoms with E-state index in [0.717, 1.165) is 12.3 Å². The second-order valence-electron chi connectivity index (χ2n) is 14.1. The summed E-state index contributed by atoms with van der Waals surface area (Å²) < 4.78 is 33.7. The van der Waals surface area contributed by atoms with Crippen molar-refractivity contribution in [2.24, 2.45) is 23.7 Å². The number of nitrogens with one attached hydrogen (secondary N) is 1. The molecule has 0 spiro atoms. The smallest absolute Gasteiger partial charge is 0.462 e. The van der Waals surface area contributed by atoms with Crippen molar-refractivity contribution in [3.05, 3.63) is 70.2 Å². The van der Waals surface area contributed by atoms with Crippen LogP contribution in [0.25, 0.3) is 0 Å². The number of carbonyl (C=O) groups is 6. The summed E-state index contributed by atoms with van der Waals surface area (Å²) in [5, 5.41) is 25.1. The Morgan fingerprint density at radius 2 is 1.62 bits per heavy atom. The van der Waals surface area contributed by atoms with Crippen molar-refractivity contribution < 1.29 is 67.4 Å². The topological polar surface area (TPSA) is 210 Å². The lowest BCUT2D eigenvalue weighted by Gasteiger charge is -2.38. The summed E-state index contributed by atoms with van der Waals surface area (Å²) in [4.78, 5) is 80.2. The summed E-state index contributed by atoms with van der Waals surface area (Å²) in [6.45, 7) is 13.7. The van der Waals surface area contributed by atoms with E-state index in [-0.39, 0.29) is 29.1 Å². The van der Waals surface area contributed by atoms with Crippen molar-refractivity contribution in [2.75, 3.05) is 13.7 Å². The lowest BCUT2D eigenvalue weighted by Crippen LogP contribution is -2.46. The summed E-state index contributed by atoms with van der Waals surface area (Å²) in [6.07, 6.45) is 2.91. The quantitative estimate of drug-likeness (QED) is 0.286. The molecule has 55 heavy (non-hydrogen) atoms. The molecule has 5 bridgehead atoms. The third-order valence-electron chi connectivity index (χ3n) is 10.2. The van der Waals surface area contributed by atoms with E-state index in [2.05, 4.69) is 5.32 Å². The highest BCUT2D eigenvalue weighted by molar-refractivity contribution is 6.31. The summed E-state index contributed by atoms with van der Waals surface area (Å²) in [5.41, 5.74) is -1.51. The van der Waals surface area contributed by atoms with Crippen LogP contribution in [0.2, 0.25) is 0 Å².